The van der Waals surface area contributed by atoms with E-state index in [-0.39, 0.29) is 0 Å². The monoisotopic (exact) mass is 234 g/mol. The Hall–Kier alpha value is -0.0500. The average Bonchev–Trinajstić information content (AvgIpc) is 1.94. The van der Waals surface area contributed by atoms with Crippen molar-refractivity contribution >= 4 is 27.5 Å². The second-order valence-electron chi connectivity index (χ2n) is 2.35. The third-order valence-electron chi connectivity index (χ3n) is 1.43. The number of rotatable bonds is 1. The van der Waals surface area contributed by atoms with Crippen LogP contribution in [0.15, 0.2) is 22.7 Å². The predicted molar refractivity (Wildman–Crippen MR) is 49.8 cm³/mol. The van der Waals surface area contributed by atoms with Crippen LogP contribution >= 0.6 is 27.5 Å². The lowest BCUT2D eigenvalue weighted by Crippen LogP contribution is -1.89. The fraction of sp³-hybridized carbons (Fsp3) is 0.250. The summed E-state index contributed by atoms with van der Waals surface area (Å²) < 4.78 is 0.817. The first kappa shape index (κ1) is 9.04. The van der Waals surface area contributed by atoms with E-state index in [1.807, 2.05) is 6.07 Å². The third-order valence-corrected chi connectivity index (χ3v) is 2.64. The molecule has 0 unspecified atom stereocenters. The van der Waals surface area contributed by atoms with E-state index < -0.39 is 6.10 Å². The van der Waals surface area contributed by atoms with Crippen LogP contribution in [0.2, 0.25) is 5.02 Å². The summed E-state index contributed by atoms with van der Waals surface area (Å²) in [5.74, 6) is 0. The first-order valence-electron chi connectivity index (χ1n) is 3.24. The van der Waals surface area contributed by atoms with Gasteiger partial charge in [-0.15, -0.1) is 0 Å². The van der Waals surface area contributed by atoms with Gasteiger partial charge < -0.3 is 5.11 Å². The van der Waals surface area contributed by atoms with Gasteiger partial charge in [-0.2, -0.15) is 0 Å². The number of aliphatic hydroxyl groups excluding tert-OH is 1. The predicted octanol–water partition coefficient (Wildman–Crippen LogP) is 3.16. The van der Waals surface area contributed by atoms with Gasteiger partial charge in [-0.25, -0.2) is 0 Å². The molecule has 0 fully saturated rings. The molecule has 0 saturated carbocycles. The van der Waals surface area contributed by atoms with Crippen molar-refractivity contribution in [1.82, 2.24) is 0 Å². The van der Waals surface area contributed by atoms with E-state index in [4.69, 9.17) is 11.6 Å². The standard InChI is InChI=1S/C8H8BrClO/c1-5(11)6-2-3-8(10)7(9)4-6/h2-5,11H,1H3/t5-/m0/s1. The second-order valence-corrected chi connectivity index (χ2v) is 3.61. The third kappa shape index (κ3) is 2.19. The van der Waals surface area contributed by atoms with E-state index in [9.17, 15) is 5.11 Å². The zero-order valence-electron chi connectivity index (χ0n) is 6.01. The van der Waals surface area contributed by atoms with Crippen LogP contribution in [0.4, 0.5) is 0 Å². The molecule has 0 spiro atoms. The summed E-state index contributed by atoms with van der Waals surface area (Å²) in [5.41, 5.74) is 0.862. The highest BCUT2D eigenvalue weighted by atomic mass is 79.9. The minimum atomic E-state index is -0.441. The number of aliphatic hydroxyl groups is 1. The Bertz CT molecular complexity index is 260. The zero-order valence-corrected chi connectivity index (χ0v) is 8.35. The van der Waals surface area contributed by atoms with E-state index in [1.165, 1.54) is 0 Å². The summed E-state index contributed by atoms with van der Waals surface area (Å²) in [4.78, 5) is 0. The molecule has 0 bridgehead atoms. The van der Waals surface area contributed by atoms with E-state index in [1.54, 1.807) is 19.1 Å². The minimum absolute atomic E-state index is 0.441. The van der Waals surface area contributed by atoms with Crippen LogP contribution in [0.5, 0.6) is 0 Å². The molecule has 11 heavy (non-hydrogen) atoms. The van der Waals surface area contributed by atoms with E-state index in [0.717, 1.165) is 10.0 Å². The quantitative estimate of drug-likeness (QED) is 0.793. The number of benzene rings is 1. The van der Waals surface area contributed by atoms with Crippen LogP contribution < -0.4 is 0 Å². The fourth-order valence-corrected chi connectivity index (χ4v) is 1.29. The van der Waals surface area contributed by atoms with Crippen LogP contribution in [-0.4, -0.2) is 5.11 Å². The highest BCUT2D eigenvalue weighted by Gasteiger charge is 2.02. The van der Waals surface area contributed by atoms with Gasteiger partial charge in [-0.3, -0.25) is 0 Å². The maximum Gasteiger partial charge on any atom is 0.0762 e. The molecular formula is C8H8BrClO. The van der Waals surface area contributed by atoms with Crippen molar-refractivity contribution in [2.45, 2.75) is 13.0 Å². The van der Waals surface area contributed by atoms with Crippen LogP contribution in [-0.2, 0) is 0 Å². The molecule has 0 aromatic heterocycles. The van der Waals surface area contributed by atoms with Crippen LogP contribution in [0, 0.1) is 0 Å². The Morgan fingerprint density at radius 3 is 2.64 bits per heavy atom. The van der Waals surface area contributed by atoms with Gasteiger partial charge in [0, 0.05) is 4.47 Å². The van der Waals surface area contributed by atoms with Gasteiger partial charge in [0.05, 0.1) is 11.1 Å². The molecule has 1 atom stereocenters. The highest BCUT2D eigenvalue weighted by Crippen LogP contribution is 2.25. The Labute approximate surface area is 79.1 Å². The largest absolute Gasteiger partial charge is 0.389 e. The van der Waals surface area contributed by atoms with Gasteiger partial charge in [-0.05, 0) is 40.5 Å². The molecule has 60 valence electrons. The number of hydrogen-bond acceptors (Lipinski definition) is 1. The van der Waals surface area contributed by atoms with Gasteiger partial charge in [0.15, 0.2) is 0 Å². The lowest BCUT2D eigenvalue weighted by molar-refractivity contribution is 0.199. The van der Waals surface area contributed by atoms with Gasteiger partial charge in [0.1, 0.15) is 0 Å². The molecule has 1 rings (SSSR count). The Kier molecular flexibility index (Phi) is 2.93. The topological polar surface area (TPSA) is 20.2 Å². The molecule has 0 aliphatic heterocycles. The Morgan fingerprint density at radius 1 is 1.55 bits per heavy atom. The molecule has 0 saturated heterocycles. The molecule has 0 heterocycles. The average molecular weight is 236 g/mol. The Morgan fingerprint density at radius 2 is 2.18 bits per heavy atom. The maximum atomic E-state index is 9.18. The summed E-state index contributed by atoms with van der Waals surface area (Å²) in [7, 11) is 0. The van der Waals surface area contributed by atoms with Crippen molar-refractivity contribution in [1.29, 1.82) is 0 Å². The van der Waals surface area contributed by atoms with Crippen molar-refractivity contribution in [2.24, 2.45) is 0 Å². The Balaban J connectivity index is 3.05. The lowest BCUT2D eigenvalue weighted by atomic mass is 10.1. The van der Waals surface area contributed by atoms with E-state index in [2.05, 4.69) is 15.9 Å². The van der Waals surface area contributed by atoms with Crippen LogP contribution in [0.1, 0.15) is 18.6 Å². The molecule has 3 heteroatoms. The van der Waals surface area contributed by atoms with Crippen LogP contribution in [0.25, 0.3) is 0 Å². The van der Waals surface area contributed by atoms with Crippen molar-refractivity contribution < 1.29 is 5.11 Å². The molecule has 0 amide bonds. The smallest absolute Gasteiger partial charge is 0.0762 e. The molecule has 1 aromatic rings. The first-order valence-corrected chi connectivity index (χ1v) is 4.41. The molecule has 1 N–H and O–H groups in total. The van der Waals surface area contributed by atoms with Crippen molar-refractivity contribution in [3.63, 3.8) is 0 Å². The minimum Gasteiger partial charge on any atom is -0.389 e. The first-order chi connectivity index (χ1) is 5.11. The normalized spacial score (nSPS) is 13.1. The zero-order chi connectivity index (χ0) is 8.43. The second kappa shape index (κ2) is 3.57. The van der Waals surface area contributed by atoms with E-state index >= 15 is 0 Å². The van der Waals surface area contributed by atoms with Crippen molar-refractivity contribution in [3.8, 4) is 0 Å². The van der Waals surface area contributed by atoms with Crippen molar-refractivity contribution in [3.05, 3.63) is 33.3 Å². The summed E-state index contributed by atoms with van der Waals surface area (Å²) in [6, 6.07) is 5.37. The van der Waals surface area contributed by atoms with Gasteiger partial charge in [0.2, 0.25) is 0 Å². The van der Waals surface area contributed by atoms with Crippen molar-refractivity contribution in [2.75, 3.05) is 0 Å². The highest BCUT2D eigenvalue weighted by molar-refractivity contribution is 9.10. The fourth-order valence-electron chi connectivity index (χ4n) is 0.772. The lowest BCUT2D eigenvalue weighted by Gasteiger charge is -2.04. The number of halogens is 2. The maximum absolute atomic E-state index is 9.18. The van der Waals surface area contributed by atoms with Gasteiger partial charge in [0.25, 0.3) is 0 Å². The molecular weight excluding hydrogens is 227 g/mol. The molecule has 1 aromatic carbocycles. The molecule has 1 nitrogen and oxygen atoms in total. The van der Waals surface area contributed by atoms with E-state index in [0.29, 0.717) is 5.02 Å². The molecule has 0 aliphatic carbocycles. The SMILES string of the molecule is C[C@H](O)c1ccc(Cl)c(Br)c1. The van der Waals surface area contributed by atoms with Gasteiger partial charge >= 0.3 is 0 Å². The number of hydrogen-bond donors (Lipinski definition) is 1. The summed E-state index contributed by atoms with van der Waals surface area (Å²) in [6.45, 7) is 1.72. The summed E-state index contributed by atoms with van der Waals surface area (Å²) in [5, 5.41) is 9.84. The molecule has 0 aliphatic rings. The van der Waals surface area contributed by atoms with Crippen LogP contribution in [0.3, 0.4) is 0 Å². The summed E-state index contributed by atoms with van der Waals surface area (Å²) in [6.07, 6.45) is -0.441. The van der Waals surface area contributed by atoms with Gasteiger partial charge in [-0.1, -0.05) is 17.7 Å². The summed E-state index contributed by atoms with van der Waals surface area (Å²) >= 11 is 9.03. The molecule has 0 radical (unpaired) electrons.